The minimum absolute atomic E-state index is 0. The standard InChI is InChI=1S/C24H16NS.C19H26NSi.Ir/c1-16-12-13-25-22(14-16)20-9-5-8-19-21-15-18(17-6-3-2-4-7-17)10-11-23(21)26-24(19)20;1-14(2)10-17-12-18(16-9-7-8-15(3)11-16)20-13-19(17)21(4,5)6;/h2-8,10-15H,1H3;7-8,11-14H,10H2,1-6H3;/q2*-1;. The summed E-state index contributed by atoms with van der Waals surface area (Å²) < 4.78 is 2.55. The SMILES string of the molecule is Cc1cc[c-]c(-c2cc(CC(C)C)c([Si](C)(C)C)cn2)c1.Cc1ccnc(-c2[c-]ccc3c2sc2ccc(-c4ccccc4)cc23)c1.[Ir]. The van der Waals surface area contributed by atoms with Crippen molar-refractivity contribution in [2.75, 3.05) is 0 Å². The molecule has 0 saturated carbocycles. The fourth-order valence-corrected chi connectivity index (χ4v) is 8.85. The van der Waals surface area contributed by atoms with Gasteiger partial charge in [-0.1, -0.05) is 105 Å². The van der Waals surface area contributed by atoms with E-state index in [-0.39, 0.29) is 20.1 Å². The average molecular weight is 839 g/mol. The number of rotatable bonds is 6. The quantitative estimate of drug-likeness (QED) is 0.123. The van der Waals surface area contributed by atoms with Crippen LogP contribution in [0, 0.1) is 31.9 Å². The number of fused-ring (bicyclic) bond motifs is 3. The number of hydrogen-bond donors (Lipinski definition) is 0. The maximum Gasteiger partial charge on any atom is 0.0798 e. The van der Waals surface area contributed by atoms with Crippen molar-refractivity contribution in [1.82, 2.24) is 9.97 Å². The van der Waals surface area contributed by atoms with Crippen LogP contribution in [-0.2, 0) is 26.5 Å². The van der Waals surface area contributed by atoms with Crippen molar-refractivity contribution in [3.63, 3.8) is 0 Å². The summed E-state index contributed by atoms with van der Waals surface area (Å²) in [4.78, 5) is 9.30. The molecule has 1 radical (unpaired) electrons. The summed E-state index contributed by atoms with van der Waals surface area (Å²) in [5, 5.41) is 4.07. The first-order valence-corrected chi connectivity index (χ1v) is 20.7. The Morgan fingerprint density at radius 1 is 0.729 bits per heavy atom. The Morgan fingerprint density at radius 3 is 2.19 bits per heavy atom. The van der Waals surface area contributed by atoms with Crippen LogP contribution in [-0.4, -0.2) is 18.0 Å². The second kappa shape index (κ2) is 15.2. The molecule has 0 amide bonds. The van der Waals surface area contributed by atoms with E-state index in [4.69, 9.17) is 4.98 Å². The van der Waals surface area contributed by atoms with E-state index in [1.165, 1.54) is 53.2 Å². The molecule has 0 aliphatic carbocycles. The van der Waals surface area contributed by atoms with Crippen LogP contribution in [0.25, 0.3) is 53.8 Å². The number of thiophene rings is 1. The summed E-state index contributed by atoms with van der Waals surface area (Å²) in [6.45, 7) is 16.0. The normalized spacial score (nSPS) is 11.3. The fraction of sp³-hybridized carbons (Fsp3) is 0.209. The van der Waals surface area contributed by atoms with Gasteiger partial charge < -0.3 is 9.97 Å². The third-order valence-electron chi connectivity index (χ3n) is 8.37. The Hall–Kier alpha value is -3.73. The zero-order valence-corrected chi connectivity index (χ0v) is 33.0. The molecule has 0 bridgehead atoms. The summed E-state index contributed by atoms with van der Waals surface area (Å²) in [6, 6.07) is 40.9. The monoisotopic (exact) mass is 839 g/mol. The Balaban J connectivity index is 0.000000189. The van der Waals surface area contributed by atoms with E-state index >= 15 is 0 Å². The summed E-state index contributed by atoms with van der Waals surface area (Å²) in [6.07, 6.45) is 5.12. The molecule has 0 fully saturated rings. The van der Waals surface area contributed by atoms with Crippen molar-refractivity contribution in [2.24, 2.45) is 5.92 Å². The van der Waals surface area contributed by atoms with Crippen molar-refractivity contribution >= 4 is 44.8 Å². The van der Waals surface area contributed by atoms with Crippen LogP contribution in [0.4, 0.5) is 0 Å². The van der Waals surface area contributed by atoms with Gasteiger partial charge in [0.2, 0.25) is 0 Å². The number of nitrogens with zero attached hydrogens (tertiary/aromatic N) is 2. The molecule has 0 aliphatic heterocycles. The van der Waals surface area contributed by atoms with Crippen molar-refractivity contribution < 1.29 is 20.1 Å². The van der Waals surface area contributed by atoms with Crippen LogP contribution in [0.15, 0.2) is 109 Å². The molecule has 3 aromatic heterocycles. The fourth-order valence-electron chi connectivity index (χ4n) is 6.07. The summed E-state index contributed by atoms with van der Waals surface area (Å²) in [5.74, 6) is 0.664. The van der Waals surface area contributed by atoms with Crippen molar-refractivity contribution in [3.8, 4) is 33.6 Å². The van der Waals surface area contributed by atoms with Gasteiger partial charge in [0.15, 0.2) is 0 Å². The molecule has 48 heavy (non-hydrogen) atoms. The van der Waals surface area contributed by atoms with E-state index in [1.807, 2.05) is 35.7 Å². The van der Waals surface area contributed by atoms with Crippen LogP contribution in [0.2, 0.25) is 19.6 Å². The molecule has 0 atom stereocenters. The Morgan fingerprint density at radius 2 is 1.48 bits per heavy atom. The molecule has 0 spiro atoms. The minimum atomic E-state index is -1.35. The largest absolute Gasteiger partial charge is 0.305 e. The van der Waals surface area contributed by atoms with Gasteiger partial charge >= 0.3 is 0 Å². The van der Waals surface area contributed by atoms with E-state index in [2.05, 4.69) is 150 Å². The molecule has 245 valence electrons. The van der Waals surface area contributed by atoms with E-state index in [0.29, 0.717) is 5.92 Å². The van der Waals surface area contributed by atoms with E-state index in [1.54, 1.807) is 0 Å². The van der Waals surface area contributed by atoms with Crippen molar-refractivity contribution in [2.45, 2.75) is 53.8 Å². The molecule has 4 aromatic carbocycles. The molecule has 0 saturated heterocycles. The Kier molecular flexibility index (Phi) is 11.3. The maximum atomic E-state index is 4.73. The van der Waals surface area contributed by atoms with Gasteiger partial charge in [-0.2, -0.15) is 11.3 Å². The van der Waals surface area contributed by atoms with E-state index in [0.717, 1.165) is 28.9 Å². The Labute approximate surface area is 304 Å². The predicted octanol–water partition coefficient (Wildman–Crippen LogP) is 11.5. The topological polar surface area (TPSA) is 25.8 Å². The Bertz CT molecular complexity index is 2160. The third-order valence-corrected chi connectivity index (χ3v) is 11.6. The number of aromatic nitrogens is 2. The van der Waals surface area contributed by atoms with Crippen LogP contribution in [0.5, 0.6) is 0 Å². The minimum Gasteiger partial charge on any atom is -0.305 e. The van der Waals surface area contributed by atoms with Crippen molar-refractivity contribution in [1.29, 1.82) is 0 Å². The van der Waals surface area contributed by atoms with Crippen LogP contribution >= 0.6 is 11.3 Å². The molecular formula is C43H42IrN2SSi-2. The molecule has 7 aromatic rings. The number of hydrogen-bond acceptors (Lipinski definition) is 3. The molecule has 2 nitrogen and oxygen atoms in total. The van der Waals surface area contributed by atoms with Gasteiger partial charge in [0.25, 0.3) is 0 Å². The third kappa shape index (κ3) is 8.10. The smallest absolute Gasteiger partial charge is 0.0798 e. The molecule has 5 heteroatoms. The van der Waals surface area contributed by atoms with E-state index < -0.39 is 8.07 Å². The molecule has 0 aliphatic rings. The molecule has 7 rings (SSSR count). The zero-order chi connectivity index (χ0) is 33.1. The first-order chi connectivity index (χ1) is 22.6. The van der Waals surface area contributed by atoms with Crippen LogP contribution < -0.4 is 5.19 Å². The second-order valence-corrected chi connectivity index (χ2v) is 19.9. The van der Waals surface area contributed by atoms with Gasteiger partial charge in [0.1, 0.15) is 0 Å². The molecule has 0 N–H and O–H groups in total. The summed E-state index contributed by atoms with van der Waals surface area (Å²) in [7, 11) is -1.35. The van der Waals surface area contributed by atoms with Crippen LogP contribution in [0.1, 0.15) is 30.5 Å². The summed E-state index contributed by atoms with van der Waals surface area (Å²) in [5.41, 5.74) is 10.7. The van der Waals surface area contributed by atoms with Gasteiger partial charge in [0.05, 0.1) is 8.07 Å². The number of benzene rings is 4. The van der Waals surface area contributed by atoms with Gasteiger partial charge in [0, 0.05) is 37.2 Å². The summed E-state index contributed by atoms with van der Waals surface area (Å²) >= 11 is 1.82. The molecular weight excluding hydrogens is 797 g/mol. The van der Waals surface area contributed by atoms with Gasteiger partial charge in [-0.25, -0.2) is 0 Å². The predicted molar refractivity (Wildman–Crippen MR) is 206 cm³/mol. The van der Waals surface area contributed by atoms with Gasteiger partial charge in [-0.15, -0.1) is 59.2 Å². The van der Waals surface area contributed by atoms with Gasteiger partial charge in [-0.05, 0) is 75.2 Å². The second-order valence-electron chi connectivity index (χ2n) is 13.8. The maximum absolute atomic E-state index is 4.73. The first kappa shape index (κ1) is 35.6. The molecule has 3 heterocycles. The van der Waals surface area contributed by atoms with E-state index in [9.17, 15) is 0 Å². The number of aryl methyl sites for hydroxylation is 2. The number of pyridine rings is 2. The van der Waals surface area contributed by atoms with Gasteiger partial charge in [-0.3, -0.25) is 0 Å². The van der Waals surface area contributed by atoms with Crippen molar-refractivity contribution in [3.05, 3.63) is 138 Å². The zero-order valence-electron chi connectivity index (χ0n) is 28.8. The molecule has 0 unspecified atom stereocenters. The first-order valence-electron chi connectivity index (χ1n) is 16.4. The van der Waals surface area contributed by atoms with Crippen LogP contribution in [0.3, 0.4) is 0 Å². The average Bonchev–Trinajstić information content (AvgIpc) is 3.43.